The number of hydrogen-bond donors (Lipinski definition) is 0. The van der Waals surface area contributed by atoms with E-state index in [9.17, 15) is 18.0 Å². The number of rotatable bonds is 5. The molecule has 4 heterocycles. The fraction of sp³-hybridized carbons (Fsp3) is 0.609. The van der Waals surface area contributed by atoms with Gasteiger partial charge in [-0.2, -0.15) is 13.2 Å². The molecule has 0 unspecified atom stereocenters. The number of piperidine rings is 1. The molecule has 3 aliphatic rings. The number of alkyl halides is 3. The lowest BCUT2D eigenvalue weighted by molar-refractivity contribution is -0.141. The normalized spacial score (nSPS) is 20.3. The summed E-state index contributed by atoms with van der Waals surface area (Å²) in [6.07, 6.45) is 2.14. The van der Waals surface area contributed by atoms with Crippen molar-refractivity contribution in [3.63, 3.8) is 0 Å². The third kappa shape index (κ3) is 4.50. The Morgan fingerprint density at radius 2 is 2.00 bits per heavy atom. The summed E-state index contributed by atoms with van der Waals surface area (Å²) in [7, 11) is 2.14. The van der Waals surface area contributed by atoms with Crippen molar-refractivity contribution in [1.29, 1.82) is 0 Å². The van der Waals surface area contributed by atoms with Crippen LogP contribution in [-0.4, -0.2) is 63.5 Å². The van der Waals surface area contributed by atoms with Crippen LogP contribution >= 0.6 is 0 Å². The van der Waals surface area contributed by atoms with Crippen molar-refractivity contribution in [2.45, 2.75) is 50.6 Å². The summed E-state index contributed by atoms with van der Waals surface area (Å²) in [5.74, 6) is 1.31. The summed E-state index contributed by atoms with van der Waals surface area (Å²) in [4.78, 5) is 24.9. The van der Waals surface area contributed by atoms with Crippen molar-refractivity contribution >= 4 is 5.91 Å². The molecule has 0 bridgehead atoms. The lowest BCUT2D eigenvalue weighted by Crippen LogP contribution is -2.50. The molecule has 1 spiro atoms. The molecule has 2 aromatic rings. The van der Waals surface area contributed by atoms with Crippen LogP contribution in [0.25, 0.3) is 0 Å². The van der Waals surface area contributed by atoms with Gasteiger partial charge in [-0.1, -0.05) is 0 Å². The Labute approximate surface area is 190 Å². The highest BCUT2D eigenvalue weighted by Gasteiger charge is 2.44. The highest BCUT2D eigenvalue weighted by Crippen LogP contribution is 2.39. The maximum Gasteiger partial charge on any atom is 0.433 e. The van der Waals surface area contributed by atoms with Gasteiger partial charge in [0.25, 0.3) is 5.91 Å². The number of aromatic nitrogens is 3. The van der Waals surface area contributed by atoms with Gasteiger partial charge in [0, 0.05) is 63.5 Å². The Morgan fingerprint density at radius 3 is 2.70 bits per heavy atom. The number of amides is 1. The molecule has 7 nitrogen and oxygen atoms in total. The predicted molar refractivity (Wildman–Crippen MR) is 113 cm³/mol. The SMILES string of the molecule is CN(Cc1cnc2n1CCOC21CCN(C(=O)c2ccnc(C(F)(F)F)c2)CC1)CC1CC1. The smallest absolute Gasteiger partial charge is 0.365 e. The van der Waals surface area contributed by atoms with Crippen molar-refractivity contribution in [2.24, 2.45) is 5.92 Å². The molecular weight excluding hydrogens is 435 g/mol. The van der Waals surface area contributed by atoms with Crippen molar-refractivity contribution in [3.05, 3.63) is 47.3 Å². The number of likely N-dealkylation sites (tertiary alicyclic amines) is 1. The lowest BCUT2D eigenvalue weighted by atomic mass is 9.89. The number of imidazole rings is 1. The molecule has 2 fully saturated rings. The van der Waals surface area contributed by atoms with Crippen molar-refractivity contribution in [3.8, 4) is 0 Å². The zero-order chi connectivity index (χ0) is 23.2. The predicted octanol–water partition coefficient (Wildman–Crippen LogP) is 3.30. The monoisotopic (exact) mass is 463 g/mol. The second-order valence-electron chi connectivity index (χ2n) is 9.43. The Hall–Kier alpha value is -2.46. The van der Waals surface area contributed by atoms with E-state index >= 15 is 0 Å². The molecule has 1 aliphatic carbocycles. The average molecular weight is 464 g/mol. The van der Waals surface area contributed by atoms with Gasteiger partial charge in [0.1, 0.15) is 17.1 Å². The van der Waals surface area contributed by atoms with Crippen molar-refractivity contribution < 1.29 is 22.7 Å². The summed E-state index contributed by atoms with van der Waals surface area (Å²) in [5, 5.41) is 0. The third-order valence-electron chi connectivity index (χ3n) is 6.89. The standard InChI is InChI=1S/C23H28F3N5O2/c1-29(14-16-2-3-16)15-18-13-28-21-22(33-11-10-31(18)21)5-8-30(9-6-22)20(32)17-4-7-27-19(12-17)23(24,25)26/h4,7,12-13,16H,2-3,5-6,8-11,14-15H2,1H3. The van der Waals surface area contributed by atoms with E-state index in [1.165, 1.54) is 24.6 Å². The van der Waals surface area contributed by atoms with Gasteiger partial charge < -0.3 is 19.1 Å². The van der Waals surface area contributed by atoms with Crippen LogP contribution in [0.15, 0.2) is 24.5 Å². The molecule has 5 rings (SSSR count). The zero-order valence-corrected chi connectivity index (χ0v) is 18.6. The highest BCUT2D eigenvalue weighted by molar-refractivity contribution is 5.94. The molecule has 0 radical (unpaired) electrons. The van der Waals surface area contributed by atoms with E-state index in [4.69, 9.17) is 9.72 Å². The second kappa shape index (κ2) is 8.39. The van der Waals surface area contributed by atoms with Crippen LogP contribution in [0, 0.1) is 5.92 Å². The molecule has 10 heteroatoms. The molecular formula is C23H28F3N5O2. The van der Waals surface area contributed by atoms with E-state index in [2.05, 4.69) is 21.5 Å². The van der Waals surface area contributed by atoms with Crippen LogP contribution < -0.4 is 0 Å². The Bertz CT molecular complexity index is 1030. The van der Waals surface area contributed by atoms with E-state index in [0.29, 0.717) is 32.5 Å². The third-order valence-corrected chi connectivity index (χ3v) is 6.89. The molecule has 0 atom stereocenters. The minimum atomic E-state index is -4.58. The largest absolute Gasteiger partial charge is 0.433 e. The Balaban J connectivity index is 1.28. The van der Waals surface area contributed by atoms with Gasteiger partial charge in [-0.25, -0.2) is 4.98 Å². The van der Waals surface area contributed by atoms with E-state index in [-0.39, 0.29) is 5.56 Å². The molecule has 0 aromatic carbocycles. The maximum atomic E-state index is 13.0. The Kier molecular flexibility index (Phi) is 5.68. The number of hydrogen-bond acceptors (Lipinski definition) is 5. The van der Waals surface area contributed by atoms with Crippen LogP contribution in [0.5, 0.6) is 0 Å². The zero-order valence-electron chi connectivity index (χ0n) is 18.6. The van der Waals surface area contributed by atoms with Gasteiger partial charge in [0.05, 0.1) is 12.3 Å². The number of ether oxygens (including phenoxy) is 1. The minimum Gasteiger partial charge on any atom is -0.365 e. The summed E-state index contributed by atoms with van der Waals surface area (Å²) >= 11 is 0. The topological polar surface area (TPSA) is 63.5 Å². The number of carbonyl (C=O) groups excluding carboxylic acids is 1. The van der Waals surface area contributed by atoms with Crippen molar-refractivity contribution in [2.75, 3.05) is 33.3 Å². The van der Waals surface area contributed by atoms with E-state index in [1.807, 2.05) is 6.20 Å². The van der Waals surface area contributed by atoms with E-state index < -0.39 is 23.4 Å². The van der Waals surface area contributed by atoms with Crippen molar-refractivity contribution in [1.82, 2.24) is 24.3 Å². The highest BCUT2D eigenvalue weighted by atomic mass is 19.4. The second-order valence-corrected chi connectivity index (χ2v) is 9.43. The summed E-state index contributed by atoms with van der Waals surface area (Å²) < 4.78 is 47.4. The summed E-state index contributed by atoms with van der Waals surface area (Å²) in [5.41, 5.74) is -0.442. The number of pyridine rings is 1. The molecule has 1 saturated carbocycles. The lowest BCUT2D eigenvalue weighted by Gasteiger charge is -2.43. The summed E-state index contributed by atoms with van der Waals surface area (Å²) in [6.45, 7) is 4.07. The van der Waals surface area contributed by atoms with Crippen LogP contribution in [-0.2, 0) is 29.6 Å². The molecule has 1 amide bonds. The van der Waals surface area contributed by atoms with Crippen LogP contribution in [0.2, 0.25) is 0 Å². The van der Waals surface area contributed by atoms with Crippen LogP contribution in [0.4, 0.5) is 13.2 Å². The Morgan fingerprint density at radius 1 is 1.24 bits per heavy atom. The number of fused-ring (bicyclic) bond motifs is 2. The summed E-state index contributed by atoms with van der Waals surface area (Å²) in [6, 6.07) is 2.15. The molecule has 1 saturated heterocycles. The minimum absolute atomic E-state index is 0.000300. The first-order valence-corrected chi connectivity index (χ1v) is 11.5. The number of carbonyl (C=O) groups is 1. The fourth-order valence-electron chi connectivity index (χ4n) is 4.97. The van der Waals surface area contributed by atoms with Gasteiger partial charge in [0.15, 0.2) is 0 Å². The quantitative estimate of drug-likeness (QED) is 0.681. The van der Waals surface area contributed by atoms with Gasteiger partial charge >= 0.3 is 6.18 Å². The molecule has 2 aromatic heterocycles. The van der Waals surface area contributed by atoms with E-state index in [1.54, 1.807) is 4.90 Å². The average Bonchev–Trinajstić information content (AvgIpc) is 3.51. The number of halogens is 3. The van der Waals surface area contributed by atoms with E-state index in [0.717, 1.165) is 43.6 Å². The first kappa shape index (κ1) is 22.3. The first-order valence-electron chi connectivity index (χ1n) is 11.5. The van der Waals surface area contributed by atoms with Gasteiger partial charge in [-0.15, -0.1) is 0 Å². The molecule has 0 N–H and O–H groups in total. The maximum absolute atomic E-state index is 13.0. The fourth-order valence-corrected chi connectivity index (χ4v) is 4.97. The van der Waals surface area contributed by atoms with Gasteiger partial charge in [-0.3, -0.25) is 9.78 Å². The molecule has 178 valence electrons. The van der Waals surface area contributed by atoms with Crippen LogP contribution in [0.3, 0.4) is 0 Å². The molecule has 2 aliphatic heterocycles. The van der Waals surface area contributed by atoms with Gasteiger partial charge in [0.2, 0.25) is 0 Å². The molecule has 33 heavy (non-hydrogen) atoms. The first-order chi connectivity index (χ1) is 15.7. The number of nitrogens with zero attached hydrogens (tertiary/aromatic N) is 5. The van der Waals surface area contributed by atoms with Crippen LogP contribution in [0.1, 0.15) is 53.3 Å². The van der Waals surface area contributed by atoms with Gasteiger partial charge in [-0.05, 0) is 37.9 Å².